The Kier molecular flexibility index (Phi) is 4.85. The summed E-state index contributed by atoms with van der Waals surface area (Å²) in [5.41, 5.74) is 2.46. The molecular weight excluding hydrogens is 358 g/mol. The van der Waals surface area contributed by atoms with Crippen LogP contribution in [-0.4, -0.2) is 25.9 Å². The van der Waals surface area contributed by atoms with Crippen molar-refractivity contribution in [2.24, 2.45) is 0 Å². The summed E-state index contributed by atoms with van der Waals surface area (Å²) in [6.07, 6.45) is 0. The van der Waals surface area contributed by atoms with Gasteiger partial charge in [0.2, 0.25) is 15.9 Å². The summed E-state index contributed by atoms with van der Waals surface area (Å²) in [5.74, 6) is -0.429. The fraction of sp³-hybridized carbons (Fsp3) is 0.176. The van der Waals surface area contributed by atoms with Gasteiger partial charge in [-0.2, -0.15) is 0 Å². The zero-order chi connectivity index (χ0) is 18.0. The van der Waals surface area contributed by atoms with Crippen molar-refractivity contribution in [1.82, 2.24) is 9.71 Å². The topological polar surface area (TPSA) is 88.2 Å². The maximum atomic E-state index is 12.4. The van der Waals surface area contributed by atoms with Gasteiger partial charge >= 0.3 is 0 Å². The number of hydrogen-bond acceptors (Lipinski definition) is 5. The van der Waals surface area contributed by atoms with Crippen molar-refractivity contribution < 1.29 is 13.2 Å². The summed E-state index contributed by atoms with van der Waals surface area (Å²) in [4.78, 5) is 16.4. The molecule has 1 heterocycles. The number of carbonyl (C=O) groups is 1. The molecule has 3 aromatic rings. The summed E-state index contributed by atoms with van der Waals surface area (Å²) in [5, 5.41) is 3.52. The molecule has 1 aromatic heterocycles. The molecule has 0 aliphatic carbocycles. The number of nitrogens with one attached hydrogen (secondary N) is 2. The van der Waals surface area contributed by atoms with Gasteiger partial charge in [-0.05, 0) is 44.2 Å². The largest absolute Gasteiger partial charge is 0.325 e. The minimum atomic E-state index is -3.77. The van der Waals surface area contributed by atoms with E-state index in [1.165, 1.54) is 17.4 Å². The van der Waals surface area contributed by atoms with Gasteiger partial charge in [-0.1, -0.05) is 17.7 Å². The van der Waals surface area contributed by atoms with Crippen molar-refractivity contribution in [3.8, 4) is 0 Å². The van der Waals surface area contributed by atoms with Gasteiger partial charge in [0.1, 0.15) is 0 Å². The molecule has 0 aliphatic rings. The number of anilines is 1. The lowest BCUT2D eigenvalue weighted by atomic mass is 10.2. The van der Waals surface area contributed by atoms with Gasteiger partial charge in [-0.25, -0.2) is 18.1 Å². The molecular formula is C17H17N3O3S2. The van der Waals surface area contributed by atoms with Gasteiger partial charge in [0, 0.05) is 5.69 Å². The summed E-state index contributed by atoms with van der Waals surface area (Å²) < 4.78 is 27.9. The second kappa shape index (κ2) is 6.91. The van der Waals surface area contributed by atoms with Crippen molar-refractivity contribution in [2.45, 2.75) is 18.7 Å². The highest BCUT2D eigenvalue weighted by Gasteiger charge is 2.17. The summed E-state index contributed by atoms with van der Waals surface area (Å²) >= 11 is 1.43. The molecule has 0 saturated carbocycles. The number of rotatable bonds is 5. The van der Waals surface area contributed by atoms with Gasteiger partial charge in [-0.3, -0.25) is 4.79 Å². The Morgan fingerprint density at radius 3 is 2.56 bits per heavy atom. The molecule has 0 spiro atoms. The SMILES string of the molecule is Cc1ccc(NC(=O)CNS(=O)(=O)c2ccc3nc(C)sc3c2)cc1. The quantitative estimate of drug-likeness (QED) is 0.718. The molecule has 0 atom stereocenters. The van der Waals surface area contributed by atoms with Crippen LogP contribution in [0, 0.1) is 13.8 Å². The number of amides is 1. The van der Waals surface area contributed by atoms with Crippen molar-refractivity contribution in [1.29, 1.82) is 0 Å². The third-order valence-electron chi connectivity index (χ3n) is 3.54. The Bertz CT molecular complexity index is 1020. The highest BCUT2D eigenvalue weighted by molar-refractivity contribution is 7.89. The average Bonchev–Trinajstić information content (AvgIpc) is 2.94. The lowest BCUT2D eigenvalue weighted by Gasteiger charge is -2.08. The van der Waals surface area contributed by atoms with E-state index in [0.29, 0.717) is 5.69 Å². The number of sulfonamides is 1. The number of thiazole rings is 1. The van der Waals surface area contributed by atoms with E-state index < -0.39 is 15.9 Å². The van der Waals surface area contributed by atoms with E-state index in [-0.39, 0.29) is 11.4 Å². The van der Waals surface area contributed by atoms with Gasteiger partial charge in [0.05, 0.1) is 26.7 Å². The number of aryl methyl sites for hydroxylation is 2. The fourth-order valence-corrected chi connectivity index (χ4v) is 4.22. The Hall–Kier alpha value is -2.29. The first-order chi connectivity index (χ1) is 11.8. The summed E-state index contributed by atoms with van der Waals surface area (Å²) in [6.45, 7) is 3.48. The van der Waals surface area contributed by atoms with E-state index in [2.05, 4.69) is 15.0 Å². The second-order valence-corrected chi connectivity index (χ2v) is 8.60. The van der Waals surface area contributed by atoms with Gasteiger partial charge in [0.15, 0.2) is 0 Å². The fourth-order valence-electron chi connectivity index (χ4n) is 2.27. The van der Waals surface area contributed by atoms with Crippen LogP contribution in [0.1, 0.15) is 10.6 Å². The standard InChI is InChI=1S/C17H17N3O3S2/c1-11-3-5-13(6-4-11)20-17(21)10-18-25(22,23)14-7-8-15-16(9-14)24-12(2)19-15/h3-9,18H,10H2,1-2H3,(H,20,21). The molecule has 6 nitrogen and oxygen atoms in total. The first-order valence-electron chi connectivity index (χ1n) is 7.57. The smallest absolute Gasteiger partial charge is 0.241 e. The number of benzene rings is 2. The minimum Gasteiger partial charge on any atom is -0.325 e. The van der Waals surface area contributed by atoms with Crippen LogP contribution in [0.5, 0.6) is 0 Å². The van der Waals surface area contributed by atoms with Crippen molar-refractivity contribution in [2.75, 3.05) is 11.9 Å². The zero-order valence-corrected chi connectivity index (χ0v) is 15.4. The van der Waals surface area contributed by atoms with Gasteiger partial charge < -0.3 is 5.32 Å². The first-order valence-corrected chi connectivity index (χ1v) is 9.87. The molecule has 0 saturated heterocycles. The minimum absolute atomic E-state index is 0.117. The van der Waals surface area contributed by atoms with E-state index in [0.717, 1.165) is 20.8 Å². The van der Waals surface area contributed by atoms with Crippen LogP contribution in [0.3, 0.4) is 0 Å². The number of nitrogens with zero attached hydrogens (tertiary/aromatic N) is 1. The molecule has 0 radical (unpaired) electrons. The number of aromatic nitrogens is 1. The van der Waals surface area contributed by atoms with Crippen LogP contribution >= 0.6 is 11.3 Å². The Morgan fingerprint density at radius 1 is 1.12 bits per heavy atom. The molecule has 0 aliphatic heterocycles. The van der Waals surface area contributed by atoms with E-state index in [4.69, 9.17) is 0 Å². The van der Waals surface area contributed by atoms with Crippen LogP contribution in [0.4, 0.5) is 5.69 Å². The van der Waals surface area contributed by atoms with Crippen molar-refractivity contribution in [3.63, 3.8) is 0 Å². The monoisotopic (exact) mass is 375 g/mol. The zero-order valence-electron chi connectivity index (χ0n) is 13.7. The van der Waals surface area contributed by atoms with Crippen LogP contribution in [0.2, 0.25) is 0 Å². The Morgan fingerprint density at radius 2 is 1.84 bits per heavy atom. The molecule has 2 N–H and O–H groups in total. The molecule has 0 fully saturated rings. The summed E-state index contributed by atoms with van der Waals surface area (Å²) in [7, 11) is -3.77. The third-order valence-corrected chi connectivity index (χ3v) is 5.87. The molecule has 3 rings (SSSR count). The number of carbonyl (C=O) groups excluding carboxylic acids is 1. The second-order valence-electron chi connectivity index (χ2n) is 5.60. The number of fused-ring (bicyclic) bond motifs is 1. The molecule has 8 heteroatoms. The molecule has 0 unspecified atom stereocenters. The molecule has 1 amide bonds. The van der Waals surface area contributed by atoms with Crippen molar-refractivity contribution in [3.05, 3.63) is 53.0 Å². The van der Waals surface area contributed by atoms with E-state index in [9.17, 15) is 13.2 Å². The predicted molar refractivity (Wildman–Crippen MR) is 99.4 cm³/mol. The maximum Gasteiger partial charge on any atom is 0.241 e. The maximum absolute atomic E-state index is 12.4. The van der Waals surface area contributed by atoms with Crippen LogP contribution < -0.4 is 10.0 Å². The number of hydrogen-bond donors (Lipinski definition) is 2. The highest BCUT2D eigenvalue weighted by Crippen LogP contribution is 2.24. The molecule has 2 aromatic carbocycles. The highest BCUT2D eigenvalue weighted by atomic mass is 32.2. The lowest BCUT2D eigenvalue weighted by molar-refractivity contribution is -0.115. The van der Waals surface area contributed by atoms with Gasteiger partial charge in [0.25, 0.3) is 0 Å². The lowest BCUT2D eigenvalue weighted by Crippen LogP contribution is -2.32. The predicted octanol–water partition coefficient (Wildman–Crippen LogP) is 2.83. The van der Waals surface area contributed by atoms with Crippen molar-refractivity contribution >= 4 is 43.2 Å². The van der Waals surface area contributed by atoms with Crippen LogP contribution in [0.15, 0.2) is 47.4 Å². The van der Waals surface area contributed by atoms with E-state index in [1.54, 1.807) is 24.3 Å². The van der Waals surface area contributed by atoms with Gasteiger partial charge in [-0.15, -0.1) is 11.3 Å². The first kappa shape index (κ1) is 17.5. The van der Waals surface area contributed by atoms with E-state index in [1.807, 2.05) is 26.0 Å². The third kappa shape index (κ3) is 4.22. The van der Waals surface area contributed by atoms with Crippen LogP contribution in [0.25, 0.3) is 10.2 Å². The van der Waals surface area contributed by atoms with Crippen LogP contribution in [-0.2, 0) is 14.8 Å². The van der Waals surface area contributed by atoms with E-state index >= 15 is 0 Å². The molecule has 130 valence electrons. The molecule has 0 bridgehead atoms. The Balaban J connectivity index is 1.67. The normalized spacial score (nSPS) is 11.6. The molecule has 25 heavy (non-hydrogen) atoms. The summed E-state index contributed by atoms with van der Waals surface area (Å²) in [6, 6.07) is 12.0. The average molecular weight is 375 g/mol. The Labute approximate surface area is 150 Å².